The number of aliphatic hydroxyl groups excluding tert-OH is 1. The van der Waals surface area contributed by atoms with Crippen molar-refractivity contribution in [3.8, 4) is 5.75 Å². The Bertz CT molecular complexity index is 625. The first-order valence-electron chi connectivity index (χ1n) is 8.82. The first-order chi connectivity index (χ1) is 10.9. The van der Waals surface area contributed by atoms with Crippen molar-refractivity contribution < 1.29 is 14.6 Å². The molecule has 0 spiro atoms. The highest BCUT2D eigenvalue weighted by Crippen LogP contribution is 2.73. The molecule has 5 atom stereocenters. The van der Waals surface area contributed by atoms with E-state index in [0.717, 1.165) is 17.7 Å². The summed E-state index contributed by atoms with van der Waals surface area (Å²) >= 11 is 0. The number of para-hydroxylation sites is 1. The van der Waals surface area contributed by atoms with Gasteiger partial charge in [0.1, 0.15) is 11.4 Å². The van der Waals surface area contributed by atoms with Crippen LogP contribution in [0.5, 0.6) is 5.75 Å². The average molecular weight is 316 g/mol. The van der Waals surface area contributed by atoms with Crippen LogP contribution in [-0.2, 0) is 10.3 Å². The number of hydrogen-bond donors (Lipinski definition) is 1. The van der Waals surface area contributed by atoms with Gasteiger partial charge in [-0.15, -0.1) is 0 Å². The fourth-order valence-electron chi connectivity index (χ4n) is 6.02. The van der Waals surface area contributed by atoms with Crippen molar-refractivity contribution in [1.29, 1.82) is 0 Å². The van der Waals surface area contributed by atoms with Gasteiger partial charge in [-0.25, -0.2) is 0 Å². The smallest absolute Gasteiger partial charge is 0.125 e. The van der Waals surface area contributed by atoms with Crippen molar-refractivity contribution >= 4 is 0 Å². The summed E-state index contributed by atoms with van der Waals surface area (Å²) < 4.78 is 12.2. The summed E-state index contributed by atoms with van der Waals surface area (Å²) in [6.45, 7) is 7.24. The third-order valence-electron chi connectivity index (χ3n) is 7.68. The fourth-order valence-corrected chi connectivity index (χ4v) is 6.02. The minimum atomic E-state index is -0.609. The highest BCUT2D eigenvalue weighted by atomic mass is 16.5. The first-order valence-corrected chi connectivity index (χ1v) is 8.82. The van der Waals surface area contributed by atoms with Crippen LogP contribution in [0.3, 0.4) is 0 Å². The van der Waals surface area contributed by atoms with E-state index in [1.54, 1.807) is 7.11 Å². The van der Waals surface area contributed by atoms with Crippen LogP contribution in [-0.4, -0.2) is 24.9 Å². The maximum Gasteiger partial charge on any atom is 0.125 e. The standard InChI is InChI=1S/C20H28O3/c1-18(2)14-9-10-19(18,3)17-13(14)11-20(12-21,23-17)15-7-5-6-8-16(15)22-4/h5-8,13-14,17,21H,9-12H2,1-4H3. The largest absolute Gasteiger partial charge is 0.496 e. The van der Waals surface area contributed by atoms with Gasteiger partial charge in [0, 0.05) is 5.56 Å². The quantitative estimate of drug-likeness (QED) is 0.923. The highest BCUT2D eigenvalue weighted by molar-refractivity contribution is 5.40. The molecule has 1 saturated heterocycles. The van der Waals surface area contributed by atoms with Gasteiger partial charge in [-0.1, -0.05) is 39.0 Å². The maximum atomic E-state index is 10.3. The molecule has 2 bridgehead atoms. The molecular formula is C20H28O3. The van der Waals surface area contributed by atoms with E-state index in [1.165, 1.54) is 12.8 Å². The third-order valence-corrected chi connectivity index (χ3v) is 7.68. The Hall–Kier alpha value is -1.06. The second kappa shape index (κ2) is 4.73. The van der Waals surface area contributed by atoms with Crippen molar-refractivity contribution in [3.05, 3.63) is 29.8 Å². The Labute approximate surface area is 139 Å². The first kappa shape index (κ1) is 15.5. The molecular weight excluding hydrogens is 288 g/mol. The Balaban J connectivity index is 1.76. The molecule has 0 radical (unpaired) electrons. The zero-order valence-electron chi connectivity index (χ0n) is 14.6. The second-order valence-corrected chi connectivity index (χ2v) is 8.54. The lowest BCUT2D eigenvalue weighted by Gasteiger charge is -2.41. The summed E-state index contributed by atoms with van der Waals surface area (Å²) in [7, 11) is 1.69. The number of aliphatic hydroxyl groups is 1. The predicted octanol–water partition coefficient (Wildman–Crippen LogP) is 3.74. The molecule has 5 unspecified atom stereocenters. The minimum absolute atomic E-state index is 0.0175. The van der Waals surface area contributed by atoms with E-state index in [1.807, 2.05) is 24.3 Å². The van der Waals surface area contributed by atoms with E-state index in [-0.39, 0.29) is 18.1 Å². The summed E-state index contributed by atoms with van der Waals surface area (Å²) in [5, 5.41) is 10.3. The van der Waals surface area contributed by atoms with E-state index in [4.69, 9.17) is 9.47 Å². The molecule has 1 N–H and O–H groups in total. The normalized spacial score (nSPS) is 43.6. The molecule has 4 rings (SSSR count). The van der Waals surface area contributed by atoms with Gasteiger partial charge in [0.05, 0.1) is 19.8 Å². The molecule has 2 saturated carbocycles. The number of ether oxygens (including phenoxy) is 2. The lowest BCUT2D eigenvalue weighted by Crippen LogP contribution is -2.40. The van der Waals surface area contributed by atoms with Gasteiger partial charge in [0.25, 0.3) is 0 Å². The van der Waals surface area contributed by atoms with Crippen molar-refractivity contribution in [2.75, 3.05) is 13.7 Å². The molecule has 3 fully saturated rings. The molecule has 0 aromatic heterocycles. The van der Waals surface area contributed by atoms with Crippen LogP contribution in [0, 0.1) is 22.7 Å². The molecule has 1 aliphatic heterocycles. The minimum Gasteiger partial charge on any atom is -0.496 e. The van der Waals surface area contributed by atoms with E-state index in [0.29, 0.717) is 17.3 Å². The van der Waals surface area contributed by atoms with Gasteiger partial charge in [-0.3, -0.25) is 0 Å². The molecule has 0 amide bonds. The van der Waals surface area contributed by atoms with Gasteiger partial charge >= 0.3 is 0 Å². The monoisotopic (exact) mass is 316 g/mol. The van der Waals surface area contributed by atoms with Gasteiger partial charge in [0.2, 0.25) is 0 Å². The van der Waals surface area contributed by atoms with E-state index in [2.05, 4.69) is 20.8 Å². The molecule has 1 heterocycles. The molecule has 1 aromatic rings. The Morgan fingerprint density at radius 2 is 2.00 bits per heavy atom. The summed E-state index contributed by atoms with van der Waals surface area (Å²) in [6, 6.07) is 7.99. The second-order valence-electron chi connectivity index (χ2n) is 8.54. The van der Waals surface area contributed by atoms with Crippen molar-refractivity contribution in [2.45, 2.75) is 51.7 Å². The van der Waals surface area contributed by atoms with Gasteiger partial charge in [-0.05, 0) is 48.0 Å². The summed E-state index contributed by atoms with van der Waals surface area (Å²) in [5.41, 5.74) is 0.925. The number of rotatable bonds is 3. The zero-order chi connectivity index (χ0) is 16.5. The molecule has 3 nitrogen and oxygen atoms in total. The predicted molar refractivity (Wildman–Crippen MR) is 89.3 cm³/mol. The molecule has 1 aromatic carbocycles. The SMILES string of the molecule is COc1ccccc1C1(CO)CC2C3CCC(C)(C2O1)C3(C)C. The average Bonchev–Trinajstić information content (AvgIpc) is 3.10. The van der Waals surface area contributed by atoms with Crippen molar-refractivity contribution in [2.24, 2.45) is 22.7 Å². The van der Waals surface area contributed by atoms with Crippen LogP contribution >= 0.6 is 0 Å². The van der Waals surface area contributed by atoms with Gasteiger partial charge in [0.15, 0.2) is 0 Å². The third kappa shape index (κ3) is 1.73. The van der Waals surface area contributed by atoms with Gasteiger partial charge < -0.3 is 14.6 Å². The molecule has 3 aliphatic rings. The van der Waals surface area contributed by atoms with Crippen molar-refractivity contribution in [3.63, 3.8) is 0 Å². The lowest BCUT2D eigenvalue weighted by atomic mass is 9.70. The number of benzene rings is 1. The van der Waals surface area contributed by atoms with Gasteiger partial charge in [-0.2, -0.15) is 0 Å². The Morgan fingerprint density at radius 3 is 2.65 bits per heavy atom. The van der Waals surface area contributed by atoms with E-state index >= 15 is 0 Å². The fraction of sp³-hybridized carbons (Fsp3) is 0.700. The highest BCUT2D eigenvalue weighted by Gasteiger charge is 2.71. The van der Waals surface area contributed by atoms with Crippen LogP contribution in [0.4, 0.5) is 0 Å². The molecule has 2 aliphatic carbocycles. The summed E-state index contributed by atoms with van der Waals surface area (Å²) in [6.07, 6.45) is 3.67. The van der Waals surface area contributed by atoms with Crippen LogP contribution in [0.1, 0.15) is 45.6 Å². The zero-order valence-corrected chi connectivity index (χ0v) is 14.6. The Kier molecular flexibility index (Phi) is 3.18. The van der Waals surface area contributed by atoms with Crippen LogP contribution in [0.15, 0.2) is 24.3 Å². The maximum absolute atomic E-state index is 10.3. The number of methoxy groups -OCH3 is 1. The topological polar surface area (TPSA) is 38.7 Å². The summed E-state index contributed by atoms with van der Waals surface area (Å²) in [4.78, 5) is 0. The lowest BCUT2D eigenvalue weighted by molar-refractivity contribution is -0.128. The van der Waals surface area contributed by atoms with Crippen molar-refractivity contribution in [1.82, 2.24) is 0 Å². The van der Waals surface area contributed by atoms with E-state index in [9.17, 15) is 5.11 Å². The summed E-state index contributed by atoms with van der Waals surface area (Å²) in [5.74, 6) is 2.06. The molecule has 126 valence electrons. The van der Waals surface area contributed by atoms with E-state index < -0.39 is 5.60 Å². The number of hydrogen-bond acceptors (Lipinski definition) is 3. The number of fused-ring (bicyclic) bond motifs is 5. The van der Waals surface area contributed by atoms with Crippen LogP contribution in [0.25, 0.3) is 0 Å². The Morgan fingerprint density at radius 1 is 1.26 bits per heavy atom. The molecule has 3 heteroatoms. The van der Waals surface area contributed by atoms with Crippen LogP contribution in [0.2, 0.25) is 0 Å². The molecule has 23 heavy (non-hydrogen) atoms. The van der Waals surface area contributed by atoms with Crippen LogP contribution < -0.4 is 4.74 Å².